The Bertz CT molecular complexity index is 576. The molecule has 1 atom stereocenters. The minimum atomic E-state index is -0.295. The Morgan fingerprint density at radius 3 is 2.15 bits per heavy atom. The van der Waals surface area contributed by atoms with Gasteiger partial charge in [0, 0.05) is 11.5 Å². The molecule has 0 fully saturated rings. The summed E-state index contributed by atoms with van der Waals surface area (Å²) in [6.45, 7) is 4.12. The lowest BCUT2D eigenvalue weighted by atomic mass is 9.75. The van der Waals surface area contributed by atoms with Gasteiger partial charge >= 0.3 is 0 Å². The van der Waals surface area contributed by atoms with E-state index in [4.69, 9.17) is 0 Å². The fourth-order valence-electron chi connectivity index (χ4n) is 2.68. The van der Waals surface area contributed by atoms with E-state index in [2.05, 4.69) is 19.2 Å². The van der Waals surface area contributed by atoms with Gasteiger partial charge in [-0.25, -0.2) is 8.78 Å². The molecule has 0 saturated carbocycles. The minimum absolute atomic E-state index is 0.0661. The normalized spacial score (nSPS) is 13.2. The van der Waals surface area contributed by atoms with Crippen molar-refractivity contribution >= 4 is 0 Å². The maximum atomic E-state index is 13.4. The molecule has 0 spiro atoms. The number of hydrogen-bond donors (Lipinski definition) is 1. The molecule has 3 heteroatoms. The van der Waals surface area contributed by atoms with Gasteiger partial charge in [-0.15, -0.1) is 0 Å². The van der Waals surface area contributed by atoms with Gasteiger partial charge in [0.1, 0.15) is 11.6 Å². The van der Waals surface area contributed by atoms with E-state index in [0.29, 0.717) is 0 Å². The molecule has 0 aliphatic rings. The Hall–Kier alpha value is -1.74. The van der Waals surface area contributed by atoms with Crippen LogP contribution >= 0.6 is 0 Å². The first-order valence-corrected chi connectivity index (χ1v) is 6.64. The third kappa shape index (κ3) is 2.88. The largest absolute Gasteiger partial charge is 0.312 e. The zero-order valence-electron chi connectivity index (χ0n) is 12.0. The van der Waals surface area contributed by atoms with Crippen molar-refractivity contribution in [2.45, 2.75) is 25.3 Å². The molecule has 0 aliphatic carbocycles. The standard InChI is InChI=1S/C17H19F2N/c1-17(2,13-7-9-14(18)10-8-13)16(20-3)12-5-4-6-15(19)11-12/h4-11,16,20H,1-3H3. The average molecular weight is 275 g/mol. The van der Waals surface area contributed by atoms with E-state index in [9.17, 15) is 8.78 Å². The van der Waals surface area contributed by atoms with Crippen LogP contribution in [0.15, 0.2) is 48.5 Å². The van der Waals surface area contributed by atoms with E-state index in [1.807, 2.05) is 13.1 Å². The molecule has 1 N–H and O–H groups in total. The maximum Gasteiger partial charge on any atom is 0.123 e. The molecule has 0 saturated heterocycles. The predicted octanol–water partition coefficient (Wildman–Crippen LogP) is 4.20. The van der Waals surface area contributed by atoms with Crippen molar-refractivity contribution in [3.05, 3.63) is 71.3 Å². The van der Waals surface area contributed by atoms with Gasteiger partial charge in [0.15, 0.2) is 0 Å². The SMILES string of the molecule is CNC(c1cccc(F)c1)C(C)(C)c1ccc(F)cc1. The molecule has 106 valence electrons. The topological polar surface area (TPSA) is 12.0 Å². The summed E-state index contributed by atoms with van der Waals surface area (Å²) in [7, 11) is 1.85. The lowest BCUT2D eigenvalue weighted by molar-refractivity contribution is 0.367. The van der Waals surface area contributed by atoms with Crippen molar-refractivity contribution in [1.29, 1.82) is 0 Å². The third-order valence-electron chi connectivity index (χ3n) is 3.78. The zero-order chi connectivity index (χ0) is 14.8. The lowest BCUT2D eigenvalue weighted by Gasteiger charge is -2.35. The molecule has 1 nitrogen and oxygen atoms in total. The molecule has 0 bridgehead atoms. The van der Waals surface area contributed by atoms with E-state index in [0.717, 1.165) is 11.1 Å². The van der Waals surface area contributed by atoms with Gasteiger partial charge in [-0.2, -0.15) is 0 Å². The second-order valence-corrected chi connectivity index (χ2v) is 5.51. The average Bonchev–Trinajstić information content (AvgIpc) is 2.40. The minimum Gasteiger partial charge on any atom is -0.312 e. The van der Waals surface area contributed by atoms with E-state index in [1.165, 1.54) is 24.3 Å². The van der Waals surface area contributed by atoms with Crippen LogP contribution in [-0.4, -0.2) is 7.05 Å². The van der Waals surface area contributed by atoms with Crippen molar-refractivity contribution in [2.24, 2.45) is 0 Å². The van der Waals surface area contributed by atoms with Crippen LogP contribution in [-0.2, 0) is 5.41 Å². The zero-order valence-corrected chi connectivity index (χ0v) is 12.0. The lowest BCUT2D eigenvalue weighted by Crippen LogP contribution is -2.35. The fraction of sp³-hybridized carbons (Fsp3) is 0.294. The fourth-order valence-corrected chi connectivity index (χ4v) is 2.68. The first kappa shape index (κ1) is 14.7. The van der Waals surface area contributed by atoms with Crippen LogP contribution in [0.4, 0.5) is 8.78 Å². The van der Waals surface area contributed by atoms with Crippen LogP contribution in [0, 0.1) is 11.6 Å². The number of rotatable bonds is 4. The second-order valence-electron chi connectivity index (χ2n) is 5.51. The number of hydrogen-bond acceptors (Lipinski definition) is 1. The smallest absolute Gasteiger partial charge is 0.123 e. The van der Waals surface area contributed by atoms with Gasteiger partial charge in [0.05, 0.1) is 0 Å². The summed E-state index contributed by atoms with van der Waals surface area (Å²) in [4.78, 5) is 0. The quantitative estimate of drug-likeness (QED) is 0.881. The van der Waals surface area contributed by atoms with Crippen LogP contribution in [0.3, 0.4) is 0 Å². The first-order valence-electron chi connectivity index (χ1n) is 6.64. The van der Waals surface area contributed by atoms with Crippen molar-refractivity contribution in [3.8, 4) is 0 Å². The Balaban J connectivity index is 2.41. The summed E-state index contributed by atoms with van der Waals surface area (Å²) in [5.41, 5.74) is 1.58. The van der Waals surface area contributed by atoms with Crippen LogP contribution < -0.4 is 5.32 Å². The Kier molecular flexibility index (Phi) is 4.19. The summed E-state index contributed by atoms with van der Waals surface area (Å²) in [5.74, 6) is -0.506. The second kappa shape index (κ2) is 5.71. The van der Waals surface area contributed by atoms with Crippen LogP contribution in [0.25, 0.3) is 0 Å². The highest BCUT2D eigenvalue weighted by molar-refractivity contribution is 5.32. The van der Waals surface area contributed by atoms with Gasteiger partial charge in [-0.3, -0.25) is 0 Å². The molecule has 0 aliphatic heterocycles. The highest BCUT2D eigenvalue weighted by Gasteiger charge is 2.31. The molecule has 2 aromatic carbocycles. The monoisotopic (exact) mass is 275 g/mol. The Labute approximate surface area is 118 Å². The molecule has 0 heterocycles. The van der Waals surface area contributed by atoms with E-state index in [-0.39, 0.29) is 23.1 Å². The molecule has 1 unspecified atom stereocenters. The molecular formula is C17H19F2N. The molecule has 20 heavy (non-hydrogen) atoms. The number of nitrogens with one attached hydrogen (secondary N) is 1. The summed E-state index contributed by atoms with van der Waals surface area (Å²) >= 11 is 0. The molecule has 0 aromatic heterocycles. The summed E-state index contributed by atoms with van der Waals surface area (Å²) in [6, 6.07) is 13.0. The molecule has 2 aromatic rings. The van der Waals surface area contributed by atoms with Crippen molar-refractivity contribution in [1.82, 2.24) is 5.32 Å². The van der Waals surface area contributed by atoms with Crippen molar-refractivity contribution < 1.29 is 8.78 Å². The van der Waals surface area contributed by atoms with Crippen molar-refractivity contribution in [2.75, 3.05) is 7.05 Å². The van der Waals surface area contributed by atoms with Crippen LogP contribution in [0.1, 0.15) is 31.0 Å². The van der Waals surface area contributed by atoms with Gasteiger partial charge in [-0.1, -0.05) is 38.1 Å². The summed E-state index contributed by atoms with van der Waals surface area (Å²) in [6.07, 6.45) is 0. The van der Waals surface area contributed by atoms with E-state index < -0.39 is 0 Å². The van der Waals surface area contributed by atoms with Gasteiger partial charge in [-0.05, 0) is 42.4 Å². The number of halogens is 2. The van der Waals surface area contributed by atoms with Gasteiger partial charge < -0.3 is 5.32 Å². The Morgan fingerprint density at radius 2 is 1.60 bits per heavy atom. The highest BCUT2D eigenvalue weighted by Crippen LogP contribution is 2.36. The molecule has 0 radical (unpaired) electrons. The molecular weight excluding hydrogens is 256 g/mol. The van der Waals surface area contributed by atoms with Gasteiger partial charge in [0.2, 0.25) is 0 Å². The molecule has 2 rings (SSSR count). The maximum absolute atomic E-state index is 13.4. The number of benzene rings is 2. The van der Waals surface area contributed by atoms with Crippen molar-refractivity contribution in [3.63, 3.8) is 0 Å². The van der Waals surface area contributed by atoms with E-state index in [1.54, 1.807) is 18.2 Å². The summed E-state index contributed by atoms with van der Waals surface area (Å²) in [5, 5.41) is 3.24. The first-order chi connectivity index (χ1) is 9.45. The number of likely N-dealkylation sites (N-methyl/N-ethyl adjacent to an activating group) is 1. The summed E-state index contributed by atoms with van der Waals surface area (Å²) < 4.78 is 26.5. The van der Waals surface area contributed by atoms with E-state index >= 15 is 0 Å². The molecule has 0 amide bonds. The highest BCUT2D eigenvalue weighted by atomic mass is 19.1. The van der Waals surface area contributed by atoms with Crippen LogP contribution in [0.5, 0.6) is 0 Å². The predicted molar refractivity (Wildman–Crippen MR) is 77.6 cm³/mol. The third-order valence-corrected chi connectivity index (χ3v) is 3.78. The Morgan fingerprint density at radius 1 is 0.950 bits per heavy atom. The van der Waals surface area contributed by atoms with Crippen LogP contribution in [0.2, 0.25) is 0 Å². The van der Waals surface area contributed by atoms with Gasteiger partial charge in [0.25, 0.3) is 0 Å².